The fraction of sp³-hybridized carbons (Fsp3) is 0.462. The SMILES string of the molecule is NC1CCC(c2nc3ccc(C(F)(F)F)cc3[nH]2)C1. The van der Waals surface area contributed by atoms with Gasteiger partial charge in [-0.25, -0.2) is 4.98 Å². The molecule has 102 valence electrons. The summed E-state index contributed by atoms with van der Waals surface area (Å²) in [4.78, 5) is 7.38. The number of hydrogen-bond donors (Lipinski definition) is 2. The molecule has 1 heterocycles. The van der Waals surface area contributed by atoms with Gasteiger partial charge in [0, 0.05) is 12.0 Å². The van der Waals surface area contributed by atoms with Gasteiger partial charge in [0.15, 0.2) is 0 Å². The van der Waals surface area contributed by atoms with Crippen LogP contribution in [0.3, 0.4) is 0 Å². The summed E-state index contributed by atoms with van der Waals surface area (Å²) in [5, 5.41) is 0. The number of alkyl halides is 3. The van der Waals surface area contributed by atoms with Gasteiger partial charge in [-0.05, 0) is 37.5 Å². The van der Waals surface area contributed by atoms with E-state index in [4.69, 9.17) is 5.73 Å². The van der Waals surface area contributed by atoms with Crippen LogP contribution in [0.1, 0.15) is 36.6 Å². The van der Waals surface area contributed by atoms with Gasteiger partial charge in [0.05, 0.1) is 16.6 Å². The molecule has 3 rings (SSSR count). The van der Waals surface area contributed by atoms with Crippen LogP contribution in [-0.2, 0) is 6.18 Å². The fourth-order valence-electron chi connectivity index (χ4n) is 2.66. The van der Waals surface area contributed by atoms with E-state index in [9.17, 15) is 13.2 Å². The molecule has 1 aromatic carbocycles. The van der Waals surface area contributed by atoms with Crippen LogP contribution in [0.15, 0.2) is 18.2 Å². The van der Waals surface area contributed by atoms with Crippen molar-refractivity contribution in [1.82, 2.24) is 9.97 Å². The van der Waals surface area contributed by atoms with Crippen molar-refractivity contribution in [2.45, 2.75) is 37.4 Å². The van der Waals surface area contributed by atoms with Gasteiger partial charge >= 0.3 is 6.18 Å². The zero-order chi connectivity index (χ0) is 13.6. The lowest BCUT2D eigenvalue weighted by atomic mass is 10.1. The largest absolute Gasteiger partial charge is 0.416 e. The molecule has 1 fully saturated rings. The molecule has 2 unspecified atom stereocenters. The van der Waals surface area contributed by atoms with Crippen molar-refractivity contribution in [3.63, 3.8) is 0 Å². The Kier molecular flexibility index (Phi) is 2.78. The molecule has 1 saturated carbocycles. The number of aromatic nitrogens is 2. The van der Waals surface area contributed by atoms with Crippen LogP contribution in [0.25, 0.3) is 11.0 Å². The number of nitrogens with two attached hydrogens (primary N) is 1. The van der Waals surface area contributed by atoms with E-state index in [0.29, 0.717) is 11.0 Å². The first-order valence-corrected chi connectivity index (χ1v) is 6.26. The van der Waals surface area contributed by atoms with Crippen LogP contribution in [-0.4, -0.2) is 16.0 Å². The molecule has 3 N–H and O–H groups in total. The first kappa shape index (κ1) is 12.5. The molecule has 6 heteroatoms. The summed E-state index contributed by atoms with van der Waals surface area (Å²) >= 11 is 0. The van der Waals surface area contributed by atoms with Gasteiger partial charge < -0.3 is 10.7 Å². The molecule has 1 aliphatic rings. The zero-order valence-corrected chi connectivity index (χ0v) is 10.2. The summed E-state index contributed by atoms with van der Waals surface area (Å²) in [5.74, 6) is 0.985. The number of imidazole rings is 1. The smallest absolute Gasteiger partial charge is 0.342 e. The number of nitrogens with one attached hydrogen (secondary N) is 1. The summed E-state index contributed by atoms with van der Waals surface area (Å²) in [7, 11) is 0. The Balaban J connectivity index is 1.97. The van der Waals surface area contributed by atoms with E-state index in [1.54, 1.807) is 0 Å². The van der Waals surface area contributed by atoms with E-state index in [0.717, 1.165) is 37.2 Å². The number of rotatable bonds is 1. The van der Waals surface area contributed by atoms with Gasteiger partial charge in [-0.3, -0.25) is 0 Å². The number of hydrogen-bond acceptors (Lipinski definition) is 2. The Bertz CT molecular complexity index is 603. The van der Waals surface area contributed by atoms with Crippen molar-refractivity contribution < 1.29 is 13.2 Å². The predicted octanol–water partition coefficient (Wildman–Crippen LogP) is 3.18. The summed E-state index contributed by atoms with van der Waals surface area (Å²) < 4.78 is 37.9. The maximum atomic E-state index is 12.6. The van der Waals surface area contributed by atoms with E-state index < -0.39 is 11.7 Å². The third-order valence-corrected chi connectivity index (χ3v) is 3.69. The van der Waals surface area contributed by atoms with Crippen molar-refractivity contribution in [3.8, 4) is 0 Å². The molecule has 0 amide bonds. The van der Waals surface area contributed by atoms with Crippen molar-refractivity contribution in [2.75, 3.05) is 0 Å². The summed E-state index contributed by atoms with van der Waals surface area (Å²) in [6.45, 7) is 0. The summed E-state index contributed by atoms with van der Waals surface area (Å²) in [6, 6.07) is 3.75. The molecular formula is C13H14F3N3. The van der Waals surface area contributed by atoms with Crippen LogP contribution in [0.2, 0.25) is 0 Å². The first-order valence-electron chi connectivity index (χ1n) is 6.26. The highest BCUT2D eigenvalue weighted by molar-refractivity contribution is 5.76. The maximum absolute atomic E-state index is 12.6. The number of benzene rings is 1. The van der Waals surface area contributed by atoms with Gasteiger partial charge in [0.2, 0.25) is 0 Å². The summed E-state index contributed by atoms with van der Waals surface area (Å²) in [6.07, 6.45) is -1.61. The number of H-pyrrole nitrogens is 1. The van der Waals surface area contributed by atoms with Crippen LogP contribution >= 0.6 is 0 Å². The van der Waals surface area contributed by atoms with Crippen molar-refractivity contribution in [1.29, 1.82) is 0 Å². The molecule has 1 aliphatic carbocycles. The second-order valence-corrected chi connectivity index (χ2v) is 5.12. The Hall–Kier alpha value is -1.56. The van der Waals surface area contributed by atoms with Gasteiger partial charge in [-0.15, -0.1) is 0 Å². The quantitative estimate of drug-likeness (QED) is 0.835. The molecule has 0 bridgehead atoms. The molecule has 0 aliphatic heterocycles. The van der Waals surface area contributed by atoms with Gasteiger partial charge in [-0.2, -0.15) is 13.2 Å². The Morgan fingerprint density at radius 2 is 2.05 bits per heavy atom. The van der Waals surface area contributed by atoms with Gasteiger partial charge in [0.1, 0.15) is 5.82 Å². The third kappa shape index (κ3) is 2.32. The molecule has 0 saturated heterocycles. The third-order valence-electron chi connectivity index (χ3n) is 3.69. The number of nitrogens with zero attached hydrogens (tertiary/aromatic N) is 1. The Morgan fingerprint density at radius 3 is 2.68 bits per heavy atom. The van der Waals surface area contributed by atoms with Crippen molar-refractivity contribution in [2.24, 2.45) is 5.73 Å². The predicted molar refractivity (Wildman–Crippen MR) is 65.7 cm³/mol. The standard InChI is InChI=1S/C13H14F3N3/c14-13(15,16)8-2-4-10-11(6-8)19-12(18-10)7-1-3-9(17)5-7/h2,4,6-7,9H,1,3,5,17H2,(H,18,19). The molecule has 19 heavy (non-hydrogen) atoms. The summed E-state index contributed by atoms with van der Waals surface area (Å²) in [5.41, 5.74) is 6.20. The van der Waals surface area contributed by atoms with Gasteiger partial charge in [-0.1, -0.05) is 0 Å². The number of fused-ring (bicyclic) bond motifs is 1. The molecule has 2 aromatic rings. The molecule has 0 radical (unpaired) electrons. The monoisotopic (exact) mass is 269 g/mol. The lowest BCUT2D eigenvalue weighted by Crippen LogP contribution is -2.14. The van der Waals surface area contributed by atoms with Crippen LogP contribution in [0, 0.1) is 0 Å². The molecule has 1 aromatic heterocycles. The first-order chi connectivity index (χ1) is 8.93. The Labute approximate surface area is 108 Å². The van der Waals surface area contributed by atoms with Gasteiger partial charge in [0.25, 0.3) is 0 Å². The molecular weight excluding hydrogens is 255 g/mol. The highest BCUT2D eigenvalue weighted by Gasteiger charge is 2.31. The lowest BCUT2D eigenvalue weighted by molar-refractivity contribution is -0.137. The second-order valence-electron chi connectivity index (χ2n) is 5.12. The average Bonchev–Trinajstić information content (AvgIpc) is 2.92. The van der Waals surface area contributed by atoms with E-state index in [1.165, 1.54) is 6.07 Å². The lowest BCUT2D eigenvalue weighted by Gasteiger charge is -2.05. The van der Waals surface area contributed by atoms with Crippen LogP contribution < -0.4 is 5.73 Å². The fourth-order valence-corrected chi connectivity index (χ4v) is 2.66. The molecule has 2 atom stereocenters. The normalized spacial score (nSPS) is 24.2. The minimum atomic E-state index is -4.32. The van der Waals surface area contributed by atoms with E-state index in [-0.39, 0.29) is 12.0 Å². The van der Waals surface area contributed by atoms with E-state index >= 15 is 0 Å². The molecule has 3 nitrogen and oxygen atoms in total. The molecule has 0 spiro atoms. The number of halogens is 3. The van der Waals surface area contributed by atoms with Crippen LogP contribution in [0.4, 0.5) is 13.2 Å². The van der Waals surface area contributed by atoms with Crippen LogP contribution in [0.5, 0.6) is 0 Å². The van der Waals surface area contributed by atoms with Crippen molar-refractivity contribution >= 4 is 11.0 Å². The Morgan fingerprint density at radius 1 is 1.26 bits per heavy atom. The minimum Gasteiger partial charge on any atom is -0.342 e. The number of aromatic amines is 1. The average molecular weight is 269 g/mol. The minimum absolute atomic E-state index is 0.170. The topological polar surface area (TPSA) is 54.7 Å². The zero-order valence-electron chi connectivity index (χ0n) is 10.2. The maximum Gasteiger partial charge on any atom is 0.416 e. The highest BCUT2D eigenvalue weighted by Crippen LogP contribution is 2.34. The second kappa shape index (κ2) is 4.23. The van der Waals surface area contributed by atoms with E-state index in [2.05, 4.69) is 9.97 Å². The van der Waals surface area contributed by atoms with Crippen molar-refractivity contribution in [3.05, 3.63) is 29.6 Å². The van der Waals surface area contributed by atoms with E-state index in [1.807, 2.05) is 0 Å². The highest BCUT2D eigenvalue weighted by atomic mass is 19.4.